The van der Waals surface area contributed by atoms with Crippen molar-refractivity contribution in [3.8, 4) is 0 Å². The lowest BCUT2D eigenvalue weighted by Crippen LogP contribution is -2.70. The molecular weight excluding hydrogens is 482 g/mol. The molecule has 1 aliphatic heterocycles. The Balaban J connectivity index is 1.61. The summed E-state index contributed by atoms with van der Waals surface area (Å²) in [4.78, 5) is 47.3. The zero-order valence-electron chi connectivity index (χ0n) is 22.7. The highest BCUT2D eigenvalue weighted by atomic mass is 16.2. The van der Waals surface area contributed by atoms with Crippen molar-refractivity contribution in [2.75, 3.05) is 17.7 Å². The van der Waals surface area contributed by atoms with Gasteiger partial charge < -0.3 is 16.0 Å². The minimum absolute atomic E-state index is 0.266. The van der Waals surface area contributed by atoms with E-state index in [2.05, 4.69) is 15.4 Å². The molecule has 4 amide bonds. The zero-order valence-corrected chi connectivity index (χ0v) is 22.7. The monoisotopic (exact) mass is 517 g/mol. The number of nitrogens with one attached hydrogen (secondary N) is 1. The smallest absolute Gasteiger partial charge is 0.325 e. The normalized spacial score (nSPS) is 17.6. The molecule has 0 spiro atoms. The number of benzene rings is 1. The van der Waals surface area contributed by atoms with E-state index in [4.69, 9.17) is 5.73 Å². The van der Waals surface area contributed by atoms with Crippen LogP contribution in [0, 0.1) is 26.7 Å². The molecule has 1 aromatic carbocycles. The van der Waals surface area contributed by atoms with Crippen LogP contribution in [0.2, 0.25) is 0 Å². The van der Waals surface area contributed by atoms with Crippen molar-refractivity contribution in [1.82, 2.24) is 25.0 Å². The Morgan fingerprint density at radius 1 is 1.16 bits per heavy atom. The molecule has 200 valence electrons. The second-order valence-electron chi connectivity index (χ2n) is 10.0. The number of aromatic nitrogens is 3. The number of amides is 4. The number of imide groups is 1. The van der Waals surface area contributed by atoms with Crippen LogP contribution in [0.1, 0.15) is 47.3 Å². The number of hydrogen-bond acceptors (Lipinski definition) is 6. The number of rotatable bonds is 7. The molecule has 1 fully saturated rings. The van der Waals surface area contributed by atoms with Crippen LogP contribution >= 0.6 is 0 Å². The van der Waals surface area contributed by atoms with Crippen LogP contribution in [0.25, 0.3) is 0 Å². The maximum absolute atomic E-state index is 13.7. The summed E-state index contributed by atoms with van der Waals surface area (Å²) in [7, 11) is 3.37. The molecule has 3 atom stereocenters. The first kappa shape index (κ1) is 26.8. The third-order valence-corrected chi connectivity index (χ3v) is 7.22. The summed E-state index contributed by atoms with van der Waals surface area (Å²) in [6.07, 6.45) is 4.17. The number of aryl methyl sites for hydroxylation is 4. The highest BCUT2D eigenvalue weighted by molar-refractivity contribution is 6.12. The first-order valence-electron chi connectivity index (χ1n) is 12.7. The number of likely N-dealkylation sites (N-methyl/N-ethyl adjacent to an activating group) is 1. The molecule has 4 rings (SSSR count). The Bertz CT molecular complexity index is 1360. The average Bonchev–Trinajstić information content (AvgIpc) is 3.30. The van der Waals surface area contributed by atoms with Crippen molar-refractivity contribution in [3.05, 3.63) is 70.7 Å². The van der Waals surface area contributed by atoms with E-state index in [9.17, 15) is 14.4 Å². The van der Waals surface area contributed by atoms with Gasteiger partial charge in [-0.1, -0.05) is 25.1 Å². The number of likely N-dealkylation sites (tertiary alicyclic amines) is 1. The molecule has 0 aliphatic carbocycles. The Morgan fingerprint density at radius 2 is 1.89 bits per heavy atom. The maximum Gasteiger partial charge on any atom is 0.325 e. The second-order valence-corrected chi connectivity index (χ2v) is 10.0. The van der Waals surface area contributed by atoms with Crippen molar-refractivity contribution in [2.45, 2.75) is 52.6 Å². The Kier molecular flexibility index (Phi) is 7.52. The van der Waals surface area contributed by atoms with Gasteiger partial charge in [0.25, 0.3) is 5.91 Å². The van der Waals surface area contributed by atoms with E-state index < -0.39 is 23.9 Å². The minimum Gasteiger partial charge on any atom is -0.384 e. The topological polar surface area (TPSA) is 126 Å². The van der Waals surface area contributed by atoms with Crippen LogP contribution in [-0.2, 0) is 23.1 Å². The predicted molar refractivity (Wildman–Crippen MR) is 145 cm³/mol. The summed E-state index contributed by atoms with van der Waals surface area (Å²) in [6.45, 7) is 7.84. The van der Waals surface area contributed by atoms with E-state index in [0.29, 0.717) is 17.9 Å². The predicted octanol–water partition coefficient (Wildman–Crippen LogP) is 3.22. The highest BCUT2D eigenvalue weighted by Gasteiger charge is 2.55. The fourth-order valence-corrected chi connectivity index (χ4v) is 4.92. The van der Waals surface area contributed by atoms with Gasteiger partial charge in [-0.15, -0.1) is 0 Å². The van der Waals surface area contributed by atoms with E-state index in [1.54, 1.807) is 37.2 Å². The Labute approximate surface area is 222 Å². The number of nitrogens with two attached hydrogens (primary N) is 1. The van der Waals surface area contributed by atoms with Gasteiger partial charge in [0.05, 0.1) is 23.8 Å². The summed E-state index contributed by atoms with van der Waals surface area (Å²) in [6, 6.07) is 7.71. The van der Waals surface area contributed by atoms with E-state index in [1.807, 2.05) is 52.0 Å². The van der Waals surface area contributed by atoms with Gasteiger partial charge in [0.15, 0.2) is 0 Å². The lowest BCUT2D eigenvalue weighted by Gasteiger charge is -2.46. The number of β-lactam (4-membered cyclic amide) rings is 1. The third-order valence-electron chi connectivity index (χ3n) is 7.22. The lowest BCUT2D eigenvalue weighted by atomic mass is 9.81. The molecule has 0 radical (unpaired) electrons. The molecule has 0 unspecified atom stereocenters. The quantitative estimate of drug-likeness (QED) is 0.464. The summed E-state index contributed by atoms with van der Waals surface area (Å²) < 4.78 is 1.59. The molecule has 2 aromatic heterocycles. The van der Waals surface area contributed by atoms with Crippen LogP contribution in [0.3, 0.4) is 0 Å². The van der Waals surface area contributed by atoms with E-state index >= 15 is 0 Å². The standard InChI is InChI=1S/C28H35N7O3/c1-7-23(20-9-8-16(2)17(3)10-20)32-28(38)35-25(27(37)34(6)21-14-30-33(5)15-21)22(26(35)36)12-19-11-18(4)31-24(29)13-19/h8-11,13-15,22-23,25H,7,12H2,1-6H3,(H2,29,31)(H,32,38)/t22-,23-,25+/m1/s1. The van der Waals surface area contributed by atoms with Gasteiger partial charge in [0.2, 0.25) is 5.91 Å². The van der Waals surface area contributed by atoms with Crippen LogP contribution in [0.4, 0.5) is 16.3 Å². The van der Waals surface area contributed by atoms with Crippen LogP contribution in [0.5, 0.6) is 0 Å². The molecule has 3 heterocycles. The summed E-state index contributed by atoms with van der Waals surface area (Å²) in [5.74, 6) is -1.13. The van der Waals surface area contributed by atoms with E-state index in [-0.39, 0.29) is 18.4 Å². The summed E-state index contributed by atoms with van der Waals surface area (Å²) in [5.41, 5.74) is 11.2. The first-order chi connectivity index (χ1) is 18.0. The van der Waals surface area contributed by atoms with Gasteiger partial charge in [-0.2, -0.15) is 5.10 Å². The molecule has 0 saturated carbocycles. The fraction of sp³-hybridized carbons (Fsp3) is 0.393. The van der Waals surface area contributed by atoms with Crippen molar-refractivity contribution < 1.29 is 14.4 Å². The number of urea groups is 1. The van der Waals surface area contributed by atoms with Crippen LogP contribution in [0.15, 0.2) is 42.7 Å². The fourth-order valence-electron chi connectivity index (χ4n) is 4.92. The molecule has 10 heteroatoms. The number of carbonyl (C=O) groups is 3. The largest absolute Gasteiger partial charge is 0.384 e. The number of hydrogen-bond donors (Lipinski definition) is 2. The molecule has 3 N–H and O–H groups in total. The average molecular weight is 518 g/mol. The third kappa shape index (κ3) is 5.25. The van der Waals surface area contributed by atoms with E-state index in [0.717, 1.165) is 32.8 Å². The van der Waals surface area contributed by atoms with Crippen molar-refractivity contribution in [2.24, 2.45) is 13.0 Å². The van der Waals surface area contributed by atoms with Gasteiger partial charge in [0, 0.05) is 26.0 Å². The van der Waals surface area contributed by atoms with E-state index in [1.165, 1.54) is 4.90 Å². The van der Waals surface area contributed by atoms with Gasteiger partial charge in [-0.05, 0) is 68.0 Å². The molecular formula is C28H35N7O3. The highest BCUT2D eigenvalue weighted by Crippen LogP contribution is 2.33. The van der Waals surface area contributed by atoms with Gasteiger partial charge >= 0.3 is 6.03 Å². The number of anilines is 2. The van der Waals surface area contributed by atoms with Gasteiger partial charge in [0.1, 0.15) is 11.9 Å². The van der Waals surface area contributed by atoms with Crippen molar-refractivity contribution in [3.63, 3.8) is 0 Å². The minimum atomic E-state index is -0.973. The summed E-state index contributed by atoms with van der Waals surface area (Å²) >= 11 is 0. The Hall–Kier alpha value is -4.21. The van der Waals surface area contributed by atoms with Crippen LogP contribution < -0.4 is 16.0 Å². The molecule has 0 bridgehead atoms. The molecule has 1 aliphatic rings. The lowest BCUT2D eigenvalue weighted by molar-refractivity contribution is -0.156. The van der Waals surface area contributed by atoms with Crippen LogP contribution in [-0.4, -0.2) is 50.6 Å². The van der Waals surface area contributed by atoms with Crippen molar-refractivity contribution >= 4 is 29.4 Å². The molecule has 3 aromatic rings. The number of nitrogen functional groups attached to an aromatic ring is 1. The zero-order chi connectivity index (χ0) is 27.7. The number of nitrogens with zero attached hydrogens (tertiary/aromatic N) is 5. The first-order valence-corrected chi connectivity index (χ1v) is 12.7. The molecule has 10 nitrogen and oxygen atoms in total. The number of carbonyl (C=O) groups excluding carboxylic acids is 3. The van der Waals surface area contributed by atoms with Gasteiger partial charge in [-0.25, -0.2) is 9.78 Å². The molecule has 38 heavy (non-hydrogen) atoms. The second kappa shape index (κ2) is 10.6. The molecule has 1 saturated heterocycles. The van der Waals surface area contributed by atoms with Gasteiger partial charge in [-0.3, -0.25) is 19.2 Å². The SMILES string of the molecule is CC[C@@H](NC(=O)N1C(=O)[C@H](Cc2cc(C)nc(N)c2)[C@H]1C(=O)N(C)c1cnn(C)c1)c1ccc(C)c(C)c1. The maximum atomic E-state index is 13.7. The Morgan fingerprint density at radius 3 is 2.50 bits per heavy atom. The number of pyridine rings is 1. The summed E-state index contributed by atoms with van der Waals surface area (Å²) in [5, 5.41) is 7.12. The van der Waals surface area contributed by atoms with Crippen molar-refractivity contribution in [1.29, 1.82) is 0 Å².